The monoisotopic (exact) mass is 615 g/mol. The van der Waals surface area contributed by atoms with E-state index in [1.54, 1.807) is 19.8 Å². The number of ether oxygens (including phenoxy) is 2. The average Bonchev–Trinajstić information content (AvgIpc) is 3.04. The Labute approximate surface area is 267 Å². The highest BCUT2D eigenvalue weighted by atomic mass is 32.1. The van der Waals surface area contributed by atoms with Crippen molar-refractivity contribution < 1.29 is 13.9 Å². The topological polar surface area (TPSA) is 37.0 Å². The molecule has 4 atom stereocenters. The smallest absolute Gasteiger partial charge is 0.169 e. The van der Waals surface area contributed by atoms with Gasteiger partial charge in [-0.15, -0.1) is 0 Å². The van der Waals surface area contributed by atoms with Gasteiger partial charge in [0.15, 0.2) is 16.6 Å². The van der Waals surface area contributed by atoms with Gasteiger partial charge in [-0.3, -0.25) is 4.90 Å². The predicted octanol–water partition coefficient (Wildman–Crippen LogP) is 7.47. The quantitative estimate of drug-likeness (QED) is 0.278. The predicted molar refractivity (Wildman–Crippen MR) is 179 cm³/mol. The van der Waals surface area contributed by atoms with Gasteiger partial charge < -0.3 is 19.7 Å². The molecule has 4 unspecified atom stereocenters. The van der Waals surface area contributed by atoms with E-state index in [1.807, 2.05) is 12.1 Å². The van der Waals surface area contributed by atoms with Crippen molar-refractivity contribution >= 4 is 17.3 Å². The summed E-state index contributed by atoms with van der Waals surface area (Å²) in [6.07, 6.45) is 5.40. The van der Waals surface area contributed by atoms with Crippen LogP contribution >= 0.6 is 12.2 Å². The van der Waals surface area contributed by atoms with Crippen molar-refractivity contribution in [1.82, 2.24) is 15.1 Å². The zero-order valence-electron chi connectivity index (χ0n) is 26.8. The minimum absolute atomic E-state index is 0.125. The summed E-state index contributed by atoms with van der Waals surface area (Å²) >= 11 is 6.09. The largest absolute Gasteiger partial charge is 0.493 e. The van der Waals surface area contributed by atoms with Crippen LogP contribution in [0.4, 0.5) is 4.39 Å². The van der Waals surface area contributed by atoms with Gasteiger partial charge in [-0.05, 0) is 127 Å². The maximum Gasteiger partial charge on any atom is 0.169 e. The van der Waals surface area contributed by atoms with E-state index in [-0.39, 0.29) is 11.9 Å². The highest BCUT2D eigenvalue weighted by Gasteiger charge is 2.41. The second-order valence-electron chi connectivity index (χ2n) is 12.9. The molecule has 0 saturated carbocycles. The number of thiocarbonyl (C=S) groups is 1. The fourth-order valence-electron chi connectivity index (χ4n) is 7.91. The number of fused-ring (bicyclic) bond motifs is 4. The zero-order valence-corrected chi connectivity index (χ0v) is 27.6. The number of piperidine rings is 1. The molecule has 3 aromatic carbocycles. The van der Waals surface area contributed by atoms with Gasteiger partial charge in [-0.25, -0.2) is 4.39 Å². The first-order valence-electron chi connectivity index (χ1n) is 16.2. The van der Waals surface area contributed by atoms with Crippen molar-refractivity contribution in [3.05, 3.63) is 93.3 Å². The molecule has 44 heavy (non-hydrogen) atoms. The molecule has 0 bridgehead atoms. The van der Waals surface area contributed by atoms with E-state index in [1.165, 1.54) is 46.4 Å². The number of halogens is 1. The molecule has 0 aromatic heterocycles. The van der Waals surface area contributed by atoms with Gasteiger partial charge in [0.2, 0.25) is 0 Å². The summed E-state index contributed by atoms with van der Waals surface area (Å²) in [7, 11) is 3.41. The summed E-state index contributed by atoms with van der Waals surface area (Å²) in [5, 5.41) is 4.25. The lowest BCUT2D eigenvalue weighted by atomic mass is 9.72. The third-order valence-electron chi connectivity index (χ3n) is 10.6. The van der Waals surface area contributed by atoms with Crippen LogP contribution in [0.15, 0.2) is 48.5 Å². The number of hydrogen-bond donors (Lipinski definition) is 1. The van der Waals surface area contributed by atoms with Crippen LogP contribution in [-0.4, -0.2) is 48.8 Å². The molecule has 1 N–H and O–H groups in total. The van der Waals surface area contributed by atoms with E-state index in [9.17, 15) is 4.39 Å². The number of nitrogens with one attached hydrogen (secondary N) is 1. The van der Waals surface area contributed by atoms with Crippen molar-refractivity contribution in [3.63, 3.8) is 0 Å². The van der Waals surface area contributed by atoms with Crippen LogP contribution in [0.3, 0.4) is 0 Å². The lowest BCUT2D eigenvalue weighted by molar-refractivity contribution is 0.0378. The first kappa shape index (κ1) is 30.8. The molecule has 3 aromatic rings. The van der Waals surface area contributed by atoms with E-state index in [2.05, 4.69) is 60.2 Å². The fourth-order valence-corrected chi connectivity index (χ4v) is 8.20. The van der Waals surface area contributed by atoms with Crippen LogP contribution in [0.5, 0.6) is 11.5 Å². The molecule has 0 aliphatic carbocycles. The summed E-state index contributed by atoms with van der Waals surface area (Å²) in [6, 6.07) is 16.5. The van der Waals surface area contributed by atoms with Gasteiger partial charge in [0.1, 0.15) is 5.82 Å². The minimum atomic E-state index is -0.226. The first-order chi connectivity index (χ1) is 21.3. The molecule has 5 nitrogen and oxygen atoms in total. The van der Waals surface area contributed by atoms with Gasteiger partial charge in [0, 0.05) is 32.2 Å². The standard InChI is InChI=1S/C37H46FN3O2S/c1-6-26-22-40-13-11-27-15-23(2)24(3)16-31(27)33(40)17-29(26)18-34-32-20-36(43-5)35(42-4)19-28(32)12-14-41(34)37(44)39-21-25-7-9-30(38)10-8-25/h7-10,15-16,19-20,26,29,33-34H,6,11-14,17-18,21-22H2,1-5H3,(H,39,44). The minimum Gasteiger partial charge on any atom is -0.493 e. The Morgan fingerprint density at radius 3 is 2.32 bits per heavy atom. The maximum atomic E-state index is 13.5. The van der Waals surface area contributed by atoms with Crippen molar-refractivity contribution in [2.24, 2.45) is 11.8 Å². The lowest BCUT2D eigenvalue weighted by Crippen LogP contribution is -2.49. The highest BCUT2D eigenvalue weighted by molar-refractivity contribution is 7.80. The molecule has 0 amide bonds. The maximum absolute atomic E-state index is 13.5. The number of aryl methyl sites for hydroxylation is 2. The Kier molecular flexibility index (Phi) is 9.16. The molecule has 7 heteroatoms. The van der Waals surface area contributed by atoms with Crippen LogP contribution in [0.2, 0.25) is 0 Å². The Bertz CT molecular complexity index is 1510. The van der Waals surface area contributed by atoms with Gasteiger partial charge in [-0.2, -0.15) is 0 Å². The Balaban J connectivity index is 1.31. The molecule has 3 aliphatic rings. The Morgan fingerprint density at radius 1 is 0.909 bits per heavy atom. The lowest BCUT2D eigenvalue weighted by Gasteiger charge is -2.49. The van der Waals surface area contributed by atoms with Gasteiger partial charge in [-0.1, -0.05) is 37.6 Å². The van der Waals surface area contributed by atoms with E-state index in [4.69, 9.17) is 21.7 Å². The SMILES string of the molecule is CCC1CN2CCc3cc(C)c(C)cc3C2CC1CC1c2cc(OC)c(OC)cc2CCN1C(=S)NCc1ccc(F)cc1. The number of hydrogen-bond acceptors (Lipinski definition) is 4. The molecule has 0 spiro atoms. The first-order valence-corrected chi connectivity index (χ1v) is 16.6. The second kappa shape index (κ2) is 13.1. The van der Waals surface area contributed by atoms with Gasteiger partial charge in [0.25, 0.3) is 0 Å². The molecule has 234 valence electrons. The van der Waals surface area contributed by atoms with Gasteiger partial charge in [0.05, 0.1) is 20.3 Å². The second-order valence-corrected chi connectivity index (χ2v) is 13.3. The normalized spacial score (nSPS) is 22.9. The summed E-state index contributed by atoms with van der Waals surface area (Å²) in [5.74, 6) is 2.50. The average molecular weight is 616 g/mol. The van der Waals surface area contributed by atoms with Crippen molar-refractivity contribution in [3.8, 4) is 11.5 Å². The molecular formula is C37H46FN3O2S. The fraction of sp³-hybridized carbons (Fsp3) is 0.486. The number of nitrogens with zero attached hydrogens (tertiary/aromatic N) is 2. The van der Waals surface area contributed by atoms with Crippen LogP contribution < -0.4 is 14.8 Å². The molecule has 3 aliphatic heterocycles. The summed E-state index contributed by atoms with van der Waals surface area (Å²) in [5.41, 5.74) is 9.48. The van der Waals surface area contributed by atoms with Gasteiger partial charge >= 0.3 is 0 Å². The summed E-state index contributed by atoms with van der Waals surface area (Å²) in [4.78, 5) is 5.16. The van der Waals surface area contributed by atoms with Crippen LogP contribution in [-0.2, 0) is 19.4 Å². The summed E-state index contributed by atoms with van der Waals surface area (Å²) < 4.78 is 25.0. The molecule has 0 radical (unpaired) electrons. The summed E-state index contributed by atoms with van der Waals surface area (Å²) in [6.45, 7) is 10.6. The molecule has 3 heterocycles. The van der Waals surface area contributed by atoms with E-state index in [0.29, 0.717) is 24.4 Å². The van der Waals surface area contributed by atoms with E-state index in [0.717, 1.165) is 67.5 Å². The third-order valence-corrected chi connectivity index (χ3v) is 10.9. The molecule has 6 rings (SSSR count). The molecule has 1 saturated heterocycles. The highest BCUT2D eigenvalue weighted by Crippen LogP contribution is 2.48. The van der Waals surface area contributed by atoms with Crippen LogP contribution in [0, 0.1) is 31.5 Å². The molecule has 1 fully saturated rings. The number of benzene rings is 3. The zero-order chi connectivity index (χ0) is 31.0. The molecular weight excluding hydrogens is 569 g/mol. The van der Waals surface area contributed by atoms with Crippen LogP contribution in [0.1, 0.15) is 77.2 Å². The Morgan fingerprint density at radius 2 is 1.59 bits per heavy atom. The van der Waals surface area contributed by atoms with Crippen LogP contribution in [0.25, 0.3) is 0 Å². The van der Waals surface area contributed by atoms with E-state index < -0.39 is 0 Å². The Hall–Kier alpha value is -3.16. The van der Waals surface area contributed by atoms with E-state index >= 15 is 0 Å². The van der Waals surface area contributed by atoms with Crippen molar-refractivity contribution in [2.75, 3.05) is 33.9 Å². The number of rotatable bonds is 7. The third kappa shape index (κ3) is 6.05. The van der Waals surface area contributed by atoms with Crippen molar-refractivity contribution in [1.29, 1.82) is 0 Å². The number of methoxy groups -OCH3 is 2. The van der Waals surface area contributed by atoms with Crippen molar-refractivity contribution in [2.45, 2.75) is 71.5 Å².